The maximum atomic E-state index is 11.3. The van der Waals surface area contributed by atoms with Gasteiger partial charge in [0.25, 0.3) is 5.69 Å². The summed E-state index contributed by atoms with van der Waals surface area (Å²) in [5.74, 6) is -0.843. The number of carbonyl (C=O) groups excluding carboxylic acids is 3. The summed E-state index contributed by atoms with van der Waals surface area (Å²) in [7, 11) is 0. The van der Waals surface area contributed by atoms with E-state index in [9.17, 15) is 24.5 Å². The molecule has 0 amide bonds. The third-order valence-corrected chi connectivity index (χ3v) is 2.45. The molecule has 0 heterocycles. The van der Waals surface area contributed by atoms with Crippen molar-refractivity contribution in [2.75, 3.05) is 0 Å². The van der Waals surface area contributed by atoms with Gasteiger partial charge in [-0.05, 0) is 31.6 Å². The fourth-order valence-electron chi connectivity index (χ4n) is 1.53. The van der Waals surface area contributed by atoms with Gasteiger partial charge in [-0.25, -0.2) is 0 Å². The third-order valence-electron chi connectivity index (χ3n) is 2.45. The highest BCUT2D eigenvalue weighted by atomic mass is 16.6. The number of aldehydes is 1. The molecular weight excluding hydrogens is 250 g/mol. The Hall–Kier alpha value is -2.63. The van der Waals surface area contributed by atoms with E-state index < -0.39 is 16.5 Å². The Bertz CT molecular complexity index is 585. The van der Waals surface area contributed by atoms with Crippen LogP contribution in [0.5, 0.6) is 0 Å². The van der Waals surface area contributed by atoms with Crippen molar-refractivity contribution in [3.05, 3.63) is 45.0 Å². The first-order chi connectivity index (χ1) is 8.86. The second-order valence-electron chi connectivity index (χ2n) is 3.86. The molecule has 0 aliphatic rings. The molecule has 0 atom stereocenters. The summed E-state index contributed by atoms with van der Waals surface area (Å²) in [4.78, 5) is 43.2. The molecule has 19 heavy (non-hydrogen) atoms. The molecule has 0 unspecified atom stereocenters. The molecule has 0 radical (unpaired) electrons. The predicted octanol–water partition coefficient (Wildman–Crippen LogP) is 1.97. The van der Waals surface area contributed by atoms with Crippen molar-refractivity contribution in [3.8, 4) is 0 Å². The van der Waals surface area contributed by atoms with Gasteiger partial charge in [-0.3, -0.25) is 24.5 Å². The first-order valence-corrected chi connectivity index (χ1v) is 5.34. The Balaban J connectivity index is 3.37. The number of rotatable bonds is 5. The van der Waals surface area contributed by atoms with E-state index in [0.717, 1.165) is 6.07 Å². The van der Waals surface area contributed by atoms with Crippen molar-refractivity contribution >= 4 is 29.6 Å². The van der Waals surface area contributed by atoms with Gasteiger partial charge in [0.2, 0.25) is 0 Å². The van der Waals surface area contributed by atoms with Crippen molar-refractivity contribution in [2.45, 2.75) is 13.8 Å². The van der Waals surface area contributed by atoms with Gasteiger partial charge in [0.05, 0.1) is 16.1 Å². The second-order valence-corrected chi connectivity index (χ2v) is 3.86. The maximum absolute atomic E-state index is 11.3. The number of Topliss-reactive ketones (excluding diaryl/α,β-unsaturated/α-hetero) is 2. The van der Waals surface area contributed by atoms with Gasteiger partial charge in [-0.1, -0.05) is 6.07 Å². The Morgan fingerprint density at radius 2 is 1.79 bits per heavy atom. The fourth-order valence-corrected chi connectivity index (χ4v) is 1.53. The molecule has 98 valence electrons. The largest absolute Gasteiger partial charge is 0.298 e. The minimum absolute atomic E-state index is 0.0480. The molecule has 6 nitrogen and oxygen atoms in total. The van der Waals surface area contributed by atoms with Crippen LogP contribution in [0.15, 0.2) is 23.8 Å². The second kappa shape index (κ2) is 5.81. The van der Waals surface area contributed by atoms with Crippen LogP contribution in [-0.2, 0) is 9.59 Å². The number of ketones is 2. The van der Waals surface area contributed by atoms with Crippen molar-refractivity contribution in [1.82, 2.24) is 0 Å². The van der Waals surface area contributed by atoms with Gasteiger partial charge in [0.1, 0.15) is 0 Å². The minimum atomic E-state index is -0.692. The van der Waals surface area contributed by atoms with Gasteiger partial charge in [-0.15, -0.1) is 0 Å². The Labute approximate surface area is 108 Å². The van der Waals surface area contributed by atoms with Crippen LogP contribution < -0.4 is 0 Å². The molecule has 0 saturated carbocycles. The van der Waals surface area contributed by atoms with E-state index >= 15 is 0 Å². The van der Waals surface area contributed by atoms with E-state index in [1.807, 2.05) is 0 Å². The molecule has 0 aliphatic heterocycles. The molecule has 0 spiro atoms. The fraction of sp³-hybridized carbons (Fsp3) is 0.154. The number of hydrogen-bond donors (Lipinski definition) is 0. The molecule has 6 heteroatoms. The van der Waals surface area contributed by atoms with Crippen LogP contribution in [0.4, 0.5) is 5.69 Å². The van der Waals surface area contributed by atoms with E-state index in [1.165, 1.54) is 32.1 Å². The molecule has 0 saturated heterocycles. The van der Waals surface area contributed by atoms with Gasteiger partial charge < -0.3 is 0 Å². The van der Waals surface area contributed by atoms with E-state index in [1.54, 1.807) is 0 Å². The van der Waals surface area contributed by atoms with Crippen LogP contribution in [0.1, 0.15) is 29.8 Å². The molecule has 0 aromatic heterocycles. The highest BCUT2D eigenvalue weighted by Gasteiger charge is 2.15. The lowest BCUT2D eigenvalue weighted by atomic mass is 10.0. The number of benzene rings is 1. The summed E-state index contributed by atoms with van der Waals surface area (Å²) in [5, 5.41) is 10.8. The van der Waals surface area contributed by atoms with Gasteiger partial charge in [0, 0.05) is 6.07 Å². The summed E-state index contributed by atoms with van der Waals surface area (Å²) in [5.41, 5.74) is -0.157. The van der Waals surface area contributed by atoms with Crippen LogP contribution in [0, 0.1) is 10.1 Å². The van der Waals surface area contributed by atoms with E-state index in [2.05, 4.69) is 0 Å². The summed E-state index contributed by atoms with van der Waals surface area (Å²) < 4.78 is 0. The number of nitro groups is 1. The number of carbonyl (C=O) groups is 3. The van der Waals surface area contributed by atoms with Crippen LogP contribution in [0.3, 0.4) is 0 Å². The quantitative estimate of drug-likeness (QED) is 0.202. The SMILES string of the molecule is CC(=O)C(=Cc1ccc(C=O)c([N+](=O)[O-])c1)C(C)=O. The summed E-state index contributed by atoms with van der Waals surface area (Å²) in [6.45, 7) is 2.48. The average Bonchev–Trinajstić information content (AvgIpc) is 2.34. The zero-order valence-electron chi connectivity index (χ0n) is 10.4. The lowest BCUT2D eigenvalue weighted by Gasteiger charge is -2.01. The lowest BCUT2D eigenvalue weighted by Crippen LogP contribution is -2.05. The number of nitro benzene ring substituents is 1. The minimum Gasteiger partial charge on any atom is -0.298 e. The zero-order chi connectivity index (χ0) is 14.6. The Morgan fingerprint density at radius 3 is 2.21 bits per heavy atom. The average molecular weight is 261 g/mol. The molecule has 0 N–H and O–H groups in total. The Kier molecular flexibility index (Phi) is 4.41. The maximum Gasteiger partial charge on any atom is 0.280 e. The molecule has 1 aromatic rings. The first kappa shape index (κ1) is 14.4. The number of allylic oxidation sites excluding steroid dienone is 1. The normalized spacial score (nSPS) is 9.58. The Morgan fingerprint density at radius 1 is 1.21 bits per heavy atom. The predicted molar refractivity (Wildman–Crippen MR) is 67.8 cm³/mol. The topological polar surface area (TPSA) is 94.3 Å². The molecule has 1 aromatic carbocycles. The molecule has 0 bridgehead atoms. The van der Waals surface area contributed by atoms with Crippen molar-refractivity contribution in [2.24, 2.45) is 0 Å². The van der Waals surface area contributed by atoms with Crippen LogP contribution in [0.2, 0.25) is 0 Å². The number of hydrogen-bond acceptors (Lipinski definition) is 5. The molecular formula is C13H11NO5. The highest BCUT2D eigenvalue weighted by molar-refractivity contribution is 6.21. The van der Waals surface area contributed by atoms with Gasteiger partial charge in [0.15, 0.2) is 17.9 Å². The summed E-state index contributed by atoms with van der Waals surface area (Å²) in [6, 6.07) is 3.85. The standard InChI is InChI=1S/C13H11NO5/c1-8(16)12(9(2)17)5-10-3-4-11(7-15)13(6-10)14(18)19/h3-7H,1-2H3. The smallest absolute Gasteiger partial charge is 0.280 e. The van der Waals surface area contributed by atoms with E-state index in [4.69, 9.17) is 0 Å². The number of nitrogens with zero attached hydrogens (tertiary/aromatic N) is 1. The van der Waals surface area contributed by atoms with Crippen molar-refractivity contribution in [3.63, 3.8) is 0 Å². The van der Waals surface area contributed by atoms with Gasteiger partial charge >= 0.3 is 0 Å². The third kappa shape index (κ3) is 3.41. The van der Waals surface area contributed by atoms with Crippen molar-refractivity contribution < 1.29 is 19.3 Å². The van der Waals surface area contributed by atoms with Crippen molar-refractivity contribution in [1.29, 1.82) is 0 Å². The molecule has 0 aliphatic carbocycles. The van der Waals surface area contributed by atoms with Gasteiger partial charge in [-0.2, -0.15) is 0 Å². The monoisotopic (exact) mass is 261 g/mol. The lowest BCUT2D eigenvalue weighted by molar-refractivity contribution is -0.385. The molecule has 1 rings (SSSR count). The van der Waals surface area contributed by atoms with E-state index in [0.29, 0.717) is 11.8 Å². The summed E-state index contributed by atoms with van der Waals surface area (Å²) >= 11 is 0. The summed E-state index contributed by atoms with van der Waals surface area (Å²) in [6.07, 6.45) is 1.65. The van der Waals surface area contributed by atoms with Crippen LogP contribution >= 0.6 is 0 Å². The molecule has 0 fully saturated rings. The first-order valence-electron chi connectivity index (χ1n) is 5.34. The van der Waals surface area contributed by atoms with Crippen LogP contribution in [-0.4, -0.2) is 22.8 Å². The zero-order valence-corrected chi connectivity index (χ0v) is 10.4. The van der Waals surface area contributed by atoms with Crippen LogP contribution in [0.25, 0.3) is 6.08 Å². The van der Waals surface area contributed by atoms with E-state index in [-0.39, 0.29) is 16.8 Å². The highest BCUT2D eigenvalue weighted by Crippen LogP contribution is 2.20.